The van der Waals surface area contributed by atoms with Crippen LogP contribution in [0.5, 0.6) is 0 Å². The Morgan fingerprint density at radius 2 is 2.32 bits per heavy atom. The van der Waals surface area contributed by atoms with Gasteiger partial charge in [-0.05, 0) is 37.1 Å². The molecule has 0 saturated carbocycles. The normalized spacial score (nSPS) is 18.7. The first-order chi connectivity index (χ1) is 9.20. The van der Waals surface area contributed by atoms with Crippen molar-refractivity contribution >= 4 is 17.7 Å². The highest BCUT2D eigenvalue weighted by molar-refractivity contribution is 7.99. The highest BCUT2D eigenvalue weighted by Crippen LogP contribution is 2.36. The molecule has 0 radical (unpaired) electrons. The van der Waals surface area contributed by atoms with Gasteiger partial charge < -0.3 is 5.32 Å². The summed E-state index contributed by atoms with van der Waals surface area (Å²) in [6, 6.07) is 4.66. The van der Waals surface area contributed by atoms with Gasteiger partial charge >= 0.3 is 0 Å². The molecule has 0 aliphatic carbocycles. The Morgan fingerprint density at radius 3 is 3.11 bits per heavy atom. The number of carbonyl (C=O) groups is 1. The number of fused-ring (bicyclic) bond motifs is 1. The zero-order valence-corrected chi connectivity index (χ0v) is 11.5. The topological polar surface area (TPSA) is 29.1 Å². The first-order valence-corrected chi connectivity index (χ1v) is 7.21. The van der Waals surface area contributed by atoms with Crippen molar-refractivity contribution in [1.29, 1.82) is 0 Å². The van der Waals surface area contributed by atoms with Gasteiger partial charge in [0.05, 0.1) is 6.04 Å². The predicted octanol–water partition coefficient (Wildman–Crippen LogP) is 3.61. The molecule has 19 heavy (non-hydrogen) atoms. The van der Waals surface area contributed by atoms with Gasteiger partial charge in [-0.2, -0.15) is 0 Å². The summed E-state index contributed by atoms with van der Waals surface area (Å²) in [6.45, 7) is 1.89. The quantitative estimate of drug-likeness (QED) is 0.675. The van der Waals surface area contributed by atoms with Crippen LogP contribution in [-0.4, -0.2) is 11.7 Å². The second-order valence-corrected chi connectivity index (χ2v) is 5.40. The van der Waals surface area contributed by atoms with Gasteiger partial charge in [-0.25, -0.2) is 4.39 Å². The van der Waals surface area contributed by atoms with E-state index in [4.69, 9.17) is 0 Å². The van der Waals surface area contributed by atoms with Crippen LogP contribution in [0.1, 0.15) is 24.9 Å². The molecular formula is C15H16FNOS. The Morgan fingerprint density at radius 1 is 1.47 bits per heavy atom. The number of rotatable bonds is 3. The van der Waals surface area contributed by atoms with E-state index in [1.54, 1.807) is 30.0 Å². The van der Waals surface area contributed by atoms with Crippen molar-refractivity contribution in [3.8, 4) is 0 Å². The highest BCUT2D eigenvalue weighted by atomic mass is 32.2. The molecule has 1 aromatic rings. The number of benzene rings is 1. The number of carbonyl (C=O) groups excluding carboxylic acids is 1. The predicted molar refractivity (Wildman–Crippen MR) is 76.6 cm³/mol. The molecule has 1 aromatic carbocycles. The largest absolute Gasteiger partial charge is 0.346 e. The van der Waals surface area contributed by atoms with Crippen LogP contribution in [0.25, 0.3) is 0 Å². The molecule has 100 valence electrons. The van der Waals surface area contributed by atoms with Gasteiger partial charge in [0.2, 0.25) is 5.91 Å². The van der Waals surface area contributed by atoms with Crippen LogP contribution in [0.2, 0.25) is 0 Å². The molecule has 2 nitrogen and oxygen atoms in total. The van der Waals surface area contributed by atoms with Crippen LogP contribution < -0.4 is 5.32 Å². The molecule has 0 bridgehead atoms. The molecule has 0 saturated heterocycles. The number of thioether (sulfide) groups is 1. The monoisotopic (exact) mass is 277 g/mol. The summed E-state index contributed by atoms with van der Waals surface area (Å²) >= 11 is 1.70. The Kier molecular flexibility index (Phi) is 4.80. The maximum atomic E-state index is 13.3. The minimum Gasteiger partial charge on any atom is -0.346 e. The second-order valence-electron chi connectivity index (χ2n) is 4.27. The van der Waals surface area contributed by atoms with E-state index in [1.165, 1.54) is 18.2 Å². The lowest BCUT2D eigenvalue weighted by atomic mass is 10.0. The van der Waals surface area contributed by atoms with E-state index >= 15 is 0 Å². The minimum absolute atomic E-state index is 0.102. The molecule has 0 fully saturated rings. The summed E-state index contributed by atoms with van der Waals surface area (Å²) in [5.41, 5.74) is 0.879. The molecule has 1 atom stereocenters. The number of hydrogen-bond acceptors (Lipinski definition) is 2. The second kappa shape index (κ2) is 6.57. The first kappa shape index (κ1) is 13.9. The molecule has 1 aliphatic rings. The highest BCUT2D eigenvalue weighted by Gasteiger charge is 2.22. The van der Waals surface area contributed by atoms with E-state index < -0.39 is 0 Å². The van der Waals surface area contributed by atoms with Crippen molar-refractivity contribution < 1.29 is 9.18 Å². The van der Waals surface area contributed by atoms with Crippen LogP contribution in [0.15, 0.2) is 47.4 Å². The van der Waals surface area contributed by atoms with Crippen LogP contribution >= 0.6 is 11.8 Å². The molecule has 1 heterocycles. The summed E-state index contributed by atoms with van der Waals surface area (Å²) in [5.74, 6) is 0.525. The fourth-order valence-electron chi connectivity index (χ4n) is 1.99. The Hall–Kier alpha value is -1.55. The van der Waals surface area contributed by atoms with Crippen molar-refractivity contribution in [1.82, 2.24) is 5.32 Å². The van der Waals surface area contributed by atoms with Crippen molar-refractivity contribution in [3.05, 3.63) is 53.9 Å². The summed E-state index contributed by atoms with van der Waals surface area (Å²) in [7, 11) is 0. The van der Waals surface area contributed by atoms with E-state index in [1.807, 2.05) is 13.0 Å². The SMILES string of the molecule is C/C=C/C=C/C(=O)NC1CCSc2ccc(F)cc21. The number of allylic oxidation sites excluding steroid dienone is 3. The smallest absolute Gasteiger partial charge is 0.244 e. The molecular weight excluding hydrogens is 261 g/mol. The van der Waals surface area contributed by atoms with Crippen LogP contribution in [0.4, 0.5) is 4.39 Å². The minimum atomic E-state index is -0.259. The average molecular weight is 277 g/mol. The third kappa shape index (κ3) is 3.70. The van der Waals surface area contributed by atoms with Crippen LogP contribution in [-0.2, 0) is 4.79 Å². The van der Waals surface area contributed by atoms with Gasteiger partial charge in [0, 0.05) is 16.7 Å². The molecule has 0 spiro atoms. The van der Waals surface area contributed by atoms with Crippen LogP contribution in [0, 0.1) is 5.82 Å². The van der Waals surface area contributed by atoms with Crippen molar-refractivity contribution in [2.45, 2.75) is 24.3 Å². The molecule has 1 aliphatic heterocycles. The summed E-state index contributed by atoms with van der Waals surface area (Å²) in [5, 5.41) is 2.92. The number of hydrogen-bond donors (Lipinski definition) is 1. The van der Waals surface area contributed by atoms with Crippen LogP contribution in [0.3, 0.4) is 0 Å². The molecule has 4 heteroatoms. The van der Waals surface area contributed by atoms with Crippen molar-refractivity contribution in [2.24, 2.45) is 0 Å². The van der Waals surface area contributed by atoms with Gasteiger partial charge in [0.25, 0.3) is 0 Å². The van der Waals surface area contributed by atoms with Gasteiger partial charge in [0.15, 0.2) is 0 Å². The van der Waals surface area contributed by atoms with Gasteiger partial charge in [0.1, 0.15) is 5.82 Å². The lowest BCUT2D eigenvalue weighted by Gasteiger charge is -2.25. The lowest BCUT2D eigenvalue weighted by molar-refractivity contribution is -0.117. The van der Waals surface area contributed by atoms with E-state index in [-0.39, 0.29) is 17.8 Å². The van der Waals surface area contributed by atoms with Crippen molar-refractivity contribution in [2.75, 3.05) is 5.75 Å². The number of amides is 1. The third-order valence-corrected chi connectivity index (χ3v) is 4.00. The van der Waals surface area contributed by atoms with Gasteiger partial charge in [-0.1, -0.05) is 18.2 Å². The fourth-order valence-corrected chi connectivity index (χ4v) is 3.09. The summed E-state index contributed by atoms with van der Waals surface area (Å²) in [6.07, 6.45) is 7.65. The maximum absolute atomic E-state index is 13.3. The third-order valence-electron chi connectivity index (χ3n) is 2.88. The lowest BCUT2D eigenvalue weighted by Crippen LogP contribution is -2.29. The number of halogens is 1. The first-order valence-electron chi connectivity index (χ1n) is 6.23. The zero-order valence-electron chi connectivity index (χ0n) is 10.7. The van der Waals surface area contributed by atoms with Gasteiger partial charge in [-0.15, -0.1) is 11.8 Å². The standard InChI is InChI=1S/C15H16FNOS/c1-2-3-4-5-15(18)17-13-8-9-19-14-7-6-11(16)10-12(13)14/h2-7,10,13H,8-9H2,1H3,(H,17,18)/b3-2+,5-4+. The Labute approximate surface area is 116 Å². The fraction of sp³-hybridized carbons (Fsp3) is 0.267. The van der Waals surface area contributed by atoms with Crippen molar-refractivity contribution in [3.63, 3.8) is 0 Å². The molecule has 1 unspecified atom stereocenters. The van der Waals surface area contributed by atoms with E-state index in [2.05, 4.69) is 5.32 Å². The molecule has 2 rings (SSSR count). The zero-order chi connectivity index (χ0) is 13.7. The average Bonchev–Trinajstić information content (AvgIpc) is 2.40. The van der Waals surface area contributed by atoms with E-state index in [0.717, 1.165) is 22.6 Å². The Balaban J connectivity index is 2.11. The molecule has 1 N–H and O–H groups in total. The van der Waals surface area contributed by atoms with Gasteiger partial charge in [-0.3, -0.25) is 4.79 Å². The van der Waals surface area contributed by atoms with E-state index in [9.17, 15) is 9.18 Å². The maximum Gasteiger partial charge on any atom is 0.244 e. The summed E-state index contributed by atoms with van der Waals surface area (Å²) in [4.78, 5) is 12.8. The molecule has 1 amide bonds. The Bertz CT molecular complexity index is 525. The summed E-state index contributed by atoms with van der Waals surface area (Å²) < 4.78 is 13.3. The molecule has 0 aromatic heterocycles. The van der Waals surface area contributed by atoms with E-state index in [0.29, 0.717) is 0 Å². The number of nitrogens with one attached hydrogen (secondary N) is 1.